The number of benzene rings is 1. The van der Waals surface area contributed by atoms with Crippen LogP contribution in [0.15, 0.2) is 41.6 Å². The molecule has 9 heteroatoms. The van der Waals surface area contributed by atoms with Gasteiger partial charge < -0.3 is 0 Å². The highest BCUT2D eigenvalue weighted by molar-refractivity contribution is 5.81. The van der Waals surface area contributed by atoms with Crippen molar-refractivity contribution in [2.24, 2.45) is 5.10 Å². The van der Waals surface area contributed by atoms with Gasteiger partial charge in [-0.05, 0) is 13.0 Å². The zero-order valence-corrected chi connectivity index (χ0v) is 11.5. The van der Waals surface area contributed by atoms with E-state index in [1.165, 1.54) is 30.6 Å². The predicted molar refractivity (Wildman–Crippen MR) is 79.9 cm³/mol. The zero-order chi connectivity index (χ0) is 16.1. The molecule has 9 nitrogen and oxygen atoms in total. The Labute approximate surface area is 124 Å². The van der Waals surface area contributed by atoms with Crippen LogP contribution in [-0.2, 0) is 0 Å². The molecule has 0 saturated heterocycles. The van der Waals surface area contributed by atoms with E-state index >= 15 is 0 Å². The van der Waals surface area contributed by atoms with Gasteiger partial charge >= 0.3 is 5.69 Å². The number of aryl methyl sites for hydroxylation is 1. The Kier molecular flexibility index (Phi) is 4.37. The standard InChI is InChI=1S/C13H11N5O4/c1-9-4-5-10(7-12(9)18(21)22)8-15-16-13-11(17(19)20)3-2-6-14-13/h2-8H,1H3,(H,14,16)/b15-8-. The minimum atomic E-state index is -0.582. The molecule has 0 spiro atoms. The Morgan fingerprint density at radius 1 is 1.18 bits per heavy atom. The lowest BCUT2D eigenvalue weighted by atomic mass is 10.1. The van der Waals surface area contributed by atoms with Crippen molar-refractivity contribution >= 4 is 23.4 Å². The van der Waals surface area contributed by atoms with E-state index in [2.05, 4.69) is 15.5 Å². The second-order valence-corrected chi connectivity index (χ2v) is 4.30. The van der Waals surface area contributed by atoms with E-state index in [9.17, 15) is 20.2 Å². The Morgan fingerprint density at radius 2 is 1.91 bits per heavy atom. The van der Waals surface area contributed by atoms with Crippen molar-refractivity contribution in [2.75, 3.05) is 5.43 Å². The summed E-state index contributed by atoms with van der Waals surface area (Å²) in [6, 6.07) is 7.36. The lowest BCUT2D eigenvalue weighted by Gasteiger charge is -2.00. The first-order valence-electron chi connectivity index (χ1n) is 6.12. The van der Waals surface area contributed by atoms with E-state index in [0.717, 1.165) is 0 Å². The van der Waals surface area contributed by atoms with Crippen LogP contribution in [0.1, 0.15) is 11.1 Å². The van der Waals surface area contributed by atoms with Crippen LogP contribution in [0.4, 0.5) is 17.2 Å². The zero-order valence-electron chi connectivity index (χ0n) is 11.5. The van der Waals surface area contributed by atoms with Gasteiger partial charge in [-0.1, -0.05) is 12.1 Å². The van der Waals surface area contributed by atoms with E-state index in [1.807, 2.05) is 0 Å². The molecular weight excluding hydrogens is 290 g/mol. The molecule has 1 heterocycles. The largest absolute Gasteiger partial charge is 0.313 e. The average molecular weight is 301 g/mol. The smallest absolute Gasteiger partial charge is 0.258 e. The molecule has 112 valence electrons. The molecule has 0 amide bonds. The third kappa shape index (κ3) is 3.39. The van der Waals surface area contributed by atoms with Crippen LogP contribution in [0, 0.1) is 27.2 Å². The molecular formula is C13H11N5O4. The number of hydrazone groups is 1. The minimum Gasteiger partial charge on any atom is -0.258 e. The summed E-state index contributed by atoms with van der Waals surface area (Å²) in [5.41, 5.74) is 3.25. The summed E-state index contributed by atoms with van der Waals surface area (Å²) >= 11 is 0. The first-order valence-corrected chi connectivity index (χ1v) is 6.12. The third-order valence-corrected chi connectivity index (χ3v) is 2.80. The molecule has 0 unspecified atom stereocenters. The second-order valence-electron chi connectivity index (χ2n) is 4.30. The summed E-state index contributed by atoms with van der Waals surface area (Å²) in [6.45, 7) is 1.63. The number of nitrogens with one attached hydrogen (secondary N) is 1. The van der Waals surface area contributed by atoms with Gasteiger partial charge in [0.15, 0.2) is 0 Å². The summed E-state index contributed by atoms with van der Waals surface area (Å²) in [5.74, 6) is -0.00892. The lowest BCUT2D eigenvalue weighted by Crippen LogP contribution is -1.99. The number of pyridine rings is 1. The number of nitro groups is 2. The normalized spacial score (nSPS) is 10.6. The molecule has 0 radical (unpaired) electrons. The van der Waals surface area contributed by atoms with Gasteiger partial charge in [-0.25, -0.2) is 4.98 Å². The van der Waals surface area contributed by atoms with Gasteiger partial charge in [0.25, 0.3) is 5.69 Å². The molecule has 0 aliphatic heterocycles. The van der Waals surface area contributed by atoms with Crippen molar-refractivity contribution in [2.45, 2.75) is 6.92 Å². The highest BCUT2D eigenvalue weighted by Crippen LogP contribution is 2.20. The maximum Gasteiger partial charge on any atom is 0.313 e. The van der Waals surface area contributed by atoms with Crippen LogP contribution >= 0.6 is 0 Å². The molecule has 0 bridgehead atoms. The summed E-state index contributed by atoms with van der Waals surface area (Å²) in [6.07, 6.45) is 2.71. The molecule has 1 aromatic carbocycles. The number of hydrogen-bond acceptors (Lipinski definition) is 7. The van der Waals surface area contributed by atoms with Gasteiger partial charge in [-0.2, -0.15) is 5.10 Å². The number of anilines is 1. The Bertz CT molecular complexity index is 760. The van der Waals surface area contributed by atoms with Crippen LogP contribution in [0.5, 0.6) is 0 Å². The van der Waals surface area contributed by atoms with Crippen molar-refractivity contribution in [3.05, 3.63) is 67.9 Å². The van der Waals surface area contributed by atoms with Crippen molar-refractivity contribution in [1.29, 1.82) is 0 Å². The van der Waals surface area contributed by atoms with Crippen molar-refractivity contribution < 1.29 is 9.85 Å². The van der Waals surface area contributed by atoms with E-state index in [1.54, 1.807) is 19.1 Å². The van der Waals surface area contributed by atoms with Crippen LogP contribution < -0.4 is 5.43 Å². The van der Waals surface area contributed by atoms with Gasteiger partial charge in [0.05, 0.1) is 16.1 Å². The number of rotatable bonds is 5. The van der Waals surface area contributed by atoms with Gasteiger partial charge in [-0.15, -0.1) is 0 Å². The molecule has 1 N–H and O–H groups in total. The number of aromatic nitrogens is 1. The van der Waals surface area contributed by atoms with Gasteiger partial charge in [-0.3, -0.25) is 25.7 Å². The molecule has 22 heavy (non-hydrogen) atoms. The van der Waals surface area contributed by atoms with Crippen molar-refractivity contribution in [3.63, 3.8) is 0 Å². The third-order valence-electron chi connectivity index (χ3n) is 2.80. The molecule has 1 aromatic heterocycles. The topological polar surface area (TPSA) is 124 Å². The first kappa shape index (κ1) is 15.0. The number of nitro benzene ring substituents is 1. The Balaban J connectivity index is 2.19. The summed E-state index contributed by atoms with van der Waals surface area (Å²) in [4.78, 5) is 24.4. The van der Waals surface area contributed by atoms with Crippen LogP contribution in [0.2, 0.25) is 0 Å². The van der Waals surface area contributed by atoms with E-state index in [-0.39, 0.29) is 17.2 Å². The highest BCUT2D eigenvalue weighted by Gasteiger charge is 2.13. The molecule has 2 aromatic rings. The van der Waals surface area contributed by atoms with Crippen LogP contribution in [0.25, 0.3) is 0 Å². The second kappa shape index (κ2) is 6.39. The number of hydrogen-bond donors (Lipinski definition) is 1. The Hall–Kier alpha value is -3.36. The van der Waals surface area contributed by atoms with E-state index in [4.69, 9.17) is 0 Å². The van der Waals surface area contributed by atoms with Crippen molar-refractivity contribution in [3.8, 4) is 0 Å². The fourth-order valence-electron chi connectivity index (χ4n) is 1.70. The lowest BCUT2D eigenvalue weighted by molar-refractivity contribution is -0.385. The maximum absolute atomic E-state index is 10.8. The van der Waals surface area contributed by atoms with E-state index < -0.39 is 9.85 Å². The monoisotopic (exact) mass is 301 g/mol. The minimum absolute atomic E-state index is 0.00892. The fraction of sp³-hybridized carbons (Fsp3) is 0.0769. The highest BCUT2D eigenvalue weighted by atomic mass is 16.6. The molecule has 0 aliphatic rings. The van der Waals surface area contributed by atoms with Gasteiger partial charge in [0.2, 0.25) is 5.82 Å². The maximum atomic E-state index is 10.8. The molecule has 0 fully saturated rings. The molecule has 0 saturated carbocycles. The summed E-state index contributed by atoms with van der Waals surface area (Å²) < 4.78 is 0. The summed E-state index contributed by atoms with van der Waals surface area (Å²) in [5, 5.41) is 25.5. The number of nitrogens with zero attached hydrogens (tertiary/aromatic N) is 4. The van der Waals surface area contributed by atoms with Crippen LogP contribution in [-0.4, -0.2) is 21.0 Å². The molecule has 0 atom stereocenters. The predicted octanol–water partition coefficient (Wildman–Crippen LogP) is 2.65. The molecule has 0 aliphatic carbocycles. The van der Waals surface area contributed by atoms with Crippen molar-refractivity contribution in [1.82, 2.24) is 4.98 Å². The quantitative estimate of drug-likeness (QED) is 0.514. The van der Waals surface area contributed by atoms with Crippen LogP contribution in [0.3, 0.4) is 0 Å². The summed E-state index contributed by atoms with van der Waals surface area (Å²) in [7, 11) is 0. The SMILES string of the molecule is Cc1ccc(/C=N\Nc2ncccc2[N+](=O)[O-])cc1[N+](=O)[O-]. The first-order chi connectivity index (χ1) is 10.5. The van der Waals surface area contributed by atoms with Gasteiger partial charge in [0, 0.05) is 29.5 Å². The van der Waals surface area contributed by atoms with Gasteiger partial charge in [0.1, 0.15) is 0 Å². The fourth-order valence-corrected chi connectivity index (χ4v) is 1.70. The average Bonchev–Trinajstić information content (AvgIpc) is 2.49. The molecule has 2 rings (SSSR count). The van der Waals surface area contributed by atoms with E-state index in [0.29, 0.717) is 11.1 Å². The Morgan fingerprint density at radius 3 is 2.59 bits per heavy atom.